The molecule has 0 aliphatic rings. The van der Waals surface area contributed by atoms with Crippen LogP contribution >= 0.6 is 15.6 Å². The number of rotatable bonds is 75. The summed E-state index contributed by atoms with van der Waals surface area (Å²) in [7, 11) is -9.99. The average molecular weight is 1520 g/mol. The molecule has 0 spiro atoms. The lowest BCUT2D eigenvalue weighted by molar-refractivity contribution is -0.161. The predicted molar refractivity (Wildman–Crippen MR) is 436 cm³/mol. The molecule has 19 heteroatoms. The average Bonchev–Trinajstić information content (AvgIpc) is 0.907. The van der Waals surface area contributed by atoms with Gasteiger partial charge in [-0.3, -0.25) is 37.3 Å². The van der Waals surface area contributed by atoms with Crippen molar-refractivity contribution in [1.29, 1.82) is 0 Å². The first kappa shape index (κ1) is 101. The minimum absolute atomic E-state index is 0.0701. The van der Waals surface area contributed by atoms with Gasteiger partial charge in [-0.25, -0.2) is 9.13 Å². The molecular weight excluding hydrogens is 1380 g/mol. The summed E-state index contributed by atoms with van der Waals surface area (Å²) in [6, 6.07) is 0. The quantitative estimate of drug-likeness (QED) is 0.0169. The molecule has 0 aromatic heterocycles. The number of ether oxygens (including phenoxy) is 4. The summed E-state index contributed by atoms with van der Waals surface area (Å²) in [6.07, 6.45) is 90.8. The number of esters is 4. The molecule has 5 unspecified atom stereocenters. The van der Waals surface area contributed by atoms with Crippen LogP contribution in [0.15, 0.2) is 158 Å². The minimum Gasteiger partial charge on any atom is -0.462 e. The maximum atomic E-state index is 13.1. The zero-order valence-electron chi connectivity index (χ0n) is 66.1. The molecule has 0 rings (SSSR count). The van der Waals surface area contributed by atoms with Gasteiger partial charge >= 0.3 is 39.5 Å². The Balaban J connectivity index is 5.45. The van der Waals surface area contributed by atoms with Crippen LogP contribution in [0.1, 0.15) is 310 Å². The van der Waals surface area contributed by atoms with E-state index in [2.05, 4.69) is 174 Å². The monoisotopic (exact) mass is 1520 g/mol. The lowest BCUT2D eigenvalue weighted by Crippen LogP contribution is -2.30. The first-order valence-electron chi connectivity index (χ1n) is 40.7. The molecular formula is C87H144O17P2. The van der Waals surface area contributed by atoms with E-state index in [1.54, 1.807) is 0 Å². The van der Waals surface area contributed by atoms with Crippen LogP contribution in [0.3, 0.4) is 0 Å². The third-order valence-corrected chi connectivity index (χ3v) is 18.4. The van der Waals surface area contributed by atoms with E-state index in [4.69, 9.17) is 37.0 Å². The van der Waals surface area contributed by atoms with Crippen molar-refractivity contribution in [2.75, 3.05) is 39.6 Å². The van der Waals surface area contributed by atoms with E-state index in [0.29, 0.717) is 32.1 Å². The second-order valence-electron chi connectivity index (χ2n) is 26.6. The molecule has 0 aliphatic carbocycles. The predicted octanol–water partition coefficient (Wildman–Crippen LogP) is 24.0. The number of aliphatic hydroxyl groups excluding tert-OH is 1. The molecule has 0 bridgehead atoms. The summed E-state index contributed by atoms with van der Waals surface area (Å²) in [6.45, 7) is 4.43. The number of allylic oxidation sites excluding steroid dienone is 26. The van der Waals surface area contributed by atoms with Gasteiger partial charge in [0, 0.05) is 25.7 Å². The van der Waals surface area contributed by atoms with E-state index < -0.39 is 97.5 Å². The fourth-order valence-electron chi connectivity index (χ4n) is 10.4. The Kier molecular flexibility index (Phi) is 73.9. The molecule has 604 valence electrons. The largest absolute Gasteiger partial charge is 0.472 e. The Bertz CT molecular complexity index is 2630. The van der Waals surface area contributed by atoms with Crippen LogP contribution in [0.2, 0.25) is 0 Å². The highest BCUT2D eigenvalue weighted by Crippen LogP contribution is 2.45. The molecule has 5 atom stereocenters. The Morgan fingerprint density at radius 1 is 0.274 bits per heavy atom. The van der Waals surface area contributed by atoms with Crippen molar-refractivity contribution >= 4 is 39.5 Å². The first-order chi connectivity index (χ1) is 51.7. The molecule has 0 aromatic rings. The Morgan fingerprint density at radius 3 is 0.802 bits per heavy atom. The number of carbonyl (C=O) groups excluding carboxylic acids is 4. The number of phosphoric acid groups is 2. The van der Waals surface area contributed by atoms with Crippen LogP contribution in [0.4, 0.5) is 0 Å². The summed E-state index contributed by atoms with van der Waals surface area (Å²) in [5, 5.41) is 10.7. The third-order valence-electron chi connectivity index (χ3n) is 16.5. The maximum absolute atomic E-state index is 13.1. The number of carbonyl (C=O) groups is 4. The molecule has 0 saturated heterocycles. The lowest BCUT2D eigenvalue weighted by Gasteiger charge is -2.21. The highest BCUT2D eigenvalue weighted by atomic mass is 31.2. The smallest absolute Gasteiger partial charge is 0.462 e. The second-order valence-corrected chi connectivity index (χ2v) is 29.5. The van der Waals surface area contributed by atoms with Crippen molar-refractivity contribution in [3.05, 3.63) is 158 Å². The number of hydrogen-bond acceptors (Lipinski definition) is 15. The van der Waals surface area contributed by atoms with Crippen LogP contribution in [0.25, 0.3) is 0 Å². The first-order valence-corrected chi connectivity index (χ1v) is 43.7. The van der Waals surface area contributed by atoms with Crippen molar-refractivity contribution in [1.82, 2.24) is 0 Å². The Hall–Kier alpha value is -5.32. The van der Waals surface area contributed by atoms with Crippen molar-refractivity contribution < 1.29 is 80.2 Å². The van der Waals surface area contributed by atoms with E-state index in [9.17, 15) is 43.2 Å². The zero-order chi connectivity index (χ0) is 77.4. The standard InChI is InChI=1S/C87H144O17P2/c1-5-9-13-17-21-25-29-33-36-39-40-43-45-49-52-56-60-64-68-72-85(90)98-78-83(104-87(92)74-70-66-62-58-54-50-46-42-38-35-31-27-23-19-15-11-7-3)80-102-106(95,96)100-76-81(88)75-99-105(93,94)101-79-82(103-86(91)73-69-65-61-57-53-47-32-28-24-20-16-12-8-4)77-97-84(89)71-67-63-59-55-51-48-44-41-37-34-30-26-22-18-14-10-6-2/h9-11,13-15,21-23,25-27,33-38,40,43-44,48-49,52,55,59,81-83,88H,5-8,12,16-20,24,28-32,39,41-42,45-47,50-51,53-54,56-58,60-80H2,1-4H3,(H,93,94)(H,95,96)/b13-9-,14-10-,15-11-,25-21-,26-22-,27-23-,36-33-,37-34-,38-35-,43-40-,48-44-,52-49-,59-55-. The fraction of sp³-hybridized carbons (Fsp3) is 0.655. The molecule has 0 radical (unpaired) electrons. The van der Waals surface area contributed by atoms with Gasteiger partial charge in [0.2, 0.25) is 0 Å². The normalized spacial score (nSPS) is 14.7. The molecule has 106 heavy (non-hydrogen) atoms. The highest BCUT2D eigenvalue weighted by Gasteiger charge is 2.30. The van der Waals surface area contributed by atoms with Gasteiger partial charge in [-0.15, -0.1) is 0 Å². The Labute approximate surface area is 642 Å². The molecule has 0 fully saturated rings. The highest BCUT2D eigenvalue weighted by molar-refractivity contribution is 7.47. The SMILES string of the molecule is CC/C=C\C/C=C\C/C=C\C/C=C\C/C=C\CCCCCC(=O)OCC(COP(=O)(O)OCC(O)COP(=O)(O)OCC(COC(=O)CCC/C=C\C/C=C\C/C=C\C/C=C\C/C=C\CC)OC(=O)CCCCCCCCCCCCCCC)OC(=O)CCCCCCCCC/C=C\C/C=C\C/C=C\CC. The van der Waals surface area contributed by atoms with Gasteiger partial charge in [-0.1, -0.05) is 301 Å². The summed E-state index contributed by atoms with van der Waals surface area (Å²) < 4.78 is 68.6. The van der Waals surface area contributed by atoms with E-state index in [1.807, 2.05) is 12.2 Å². The number of aliphatic hydroxyl groups is 1. The van der Waals surface area contributed by atoms with E-state index in [0.717, 1.165) is 173 Å². The topological polar surface area (TPSA) is 237 Å². The molecule has 0 amide bonds. The van der Waals surface area contributed by atoms with Crippen LogP contribution in [0, 0.1) is 0 Å². The van der Waals surface area contributed by atoms with Crippen LogP contribution in [-0.4, -0.2) is 96.7 Å². The van der Waals surface area contributed by atoms with Gasteiger partial charge in [0.05, 0.1) is 26.4 Å². The molecule has 3 N–H and O–H groups in total. The van der Waals surface area contributed by atoms with Crippen LogP contribution in [-0.2, 0) is 65.4 Å². The van der Waals surface area contributed by atoms with Gasteiger partial charge < -0.3 is 33.8 Å². The summed E-state index contributed by atoms with van der Waals surface area (Å²) in [5.41, 5.74) is 0. The van der Waals surface area contributed by atoms with Crippen LogP contribution < -0.4 is 0 Å². The Morgan fingerprint density at radius 2 is 0.500 bits per heavy atom. The molecule has 17 nitrogen and oxygen atoms in total. The summed E-state index contributed by atoms with van der Waals surface area (Å²) in [5.74, 6) is -2.29. The summed E-state index contributed by atoms with van der Waals surface area (Å²) in [4.78, 5) is 73.1. The lowest BCUT2D eigenvalue weighted by atomic mass is 10.0. The van der Waals surface area contributed by atoms with Gasteiger partial charge in [0.15, 0.2) is 12.2 Å². The molecule has 0 saturated carbocycles. The summed E-state index contributed by atoms with van der Waals surface area (Å²) >= 11 is 0. The third kappa shape index (κ3) is 76.9. The van der Waals surface area contributed by atoms with Crippen molar-refractivity contribution in [2.45, 2.75) is 329 Å². The van der Waals surface area contributed by atoms with E-state index in [1.165, 1.54) is 51.4 Å². The van der Waals surface area contributed by atoms with Crippen molar-refractivity contribution in [3.8, 4) is 0 Å². The number of unbranched alkanes of at least 4 members (excludes halogenated alkanes) is 23. The second kappa shape index (κ2) is 77.8. The van der Waals surface area contributed by atoms with Crippen molar-refractivity contribution in [3.63, 3.8) is 0 Å². The number of hydrogen-bond donors (Lipinski definition) is 3. The van der Waals surface area contributed by atoms with Gasteiger partial charge in [0.25, 0.3) is 0 Å². The van der Waals surface area contributed by atoms with Crippen LogP contribution in [0.5, 0.6) is 0 Å². The fourth-order valence-corrected chi connectivity index (χ4v) is 12.0. The van der Waals surface area contributed by atoms with Gasteiger partial charge in [0.1, 0.15) is 19.3 Å². The molecule has 0 aromatic carbocycles. The zero-order valence-corrected chi connectivity index (χ0v) is 67.8. The van der Waals surface area contributed by atoms with Gasteiger partial charge in [-0.2, -0.15) is 0 Å². The minimum atomic E-state index is -5.00. The van der Waals surface area contributed by atoms with E-state index in [-0.39, 0.29) is 25.7 Å². The number of phosphoric ester groups is 2. The molecule has 0 heterocycles. The maximum Gasteiger partial charge on any atom is 0.472 e. The van der Waals surface area contributed by atoms with Gasteiger partial charge in [-0.05, 0) is 141 Å². The molecule has 0 aliphatic heterocycles. The van der Waals surface area contributed by atoms with E-state index >= 15 is 0 Å². The van der Waals surface area contributed by atoms with Crippen molar-refractivity contribution in [2.24, 2.45) is 0 Å².